The molecule has 1 unspecified atom stereocenters. The molecule has 0 aliphatic carbocycles. The molecule has 1 atom stereocenters. The molecule has 0 heterocycles. The average Bonchev–Trinajstić information content (AvgIpc) is 2.37. The summed E-state index contributed by atoms with van der Waals surface area (Å²) in [5.41, 5.74) is 1.32. The summed E-state index contributed by atoms with van der Waals surface area (Å²) in [5.74, 6) is -0.512. The number of amides is 1. The molecular weight excluding hydrogens is 230 g/mol. The van der Waals surface area contributed by atoms with Crippen molar-refractivity contribution in [3.8, 4) is 0 Å². The molecule has 0 saturated carbocycles. The van der Waals surface area contributed by atoms with E-state index >= 15 is 0 Å². The van der Waals surface area contributed by atoms with E-state index in [1.165, 1.54) is 14.0 Å². The fraction of sp³-hybridized carbons (Fsp3) is 0.286. The zero-order chi connectivity index (χ0) is 13.5. The highest BCUT2D eigenvalue weighted by molar-refractivity contribution is 5.89. The largest absolute Gasteiger partial charge is 0.465 e. The highest BCUT2D eigenvalue weighted by Gasteiger charge is 2.13. The number of hydrogen-bond acceptors (Lipinski definition) is 3. The first kappa shape index (κ1) is 14.0. The Labute approximate surface area is 107 Å². The van der Waals surface area contributed by atoms with Gasteiger partial charge in [0, 0.05) is 6.92 Å². The average molecular weight is 247 g/mol. The van der Waals surface area contributed by atoms with Crippen molar-refractivity contribution in [3.05, 3.63) is 48.0 Å². The Morgan fingerprint density at radius 2 is 2.22 bits per heavy atom. The molecule has 1 aromatic carbocycles. The molecule has 1 amide bonds. The van der Waals surface area contributed by atoms with Crippen LogP contribution in [0.1, 0.15) is 35.3 Å². The van der Waals surface area contributed by atoms with Gasteiger partial charge in [-0.2, -0.15) is 0 Å². The Balaban J connectivity index is 3.00. The predicted octanol–water partition coefficient (Wildman–Crippen LogP) is 2.23. The summed E-state index contributed by atoms with van der Waals surface area (Å²) in [4.78, 5) is 22.6. The van der Waals surface area contributed by atoms with E-state index in [0.717, 1.165) is 5.56 Å². The van der Waals surface area contributed by atoms with Crippen LogP contribution < -0.4 is 5.32 Å². The van der Waals surface area contributed by atoms with Crippen LogP contribution in [-0.2, 0) is 9.53 Å². The van der Waals surface area contributed by atoms with Crippen molar-refractivity contribution < 1.29 is 14.3 Å². The first-order chi connectivity index (χ1) is 8.58. The predicted molar refractivity (Wildman–Crippen MR) is 69.2 cm³/mol. The van der Waals surface area contributed by atoms with Gasteiger partial charge in [0.2, 0.25) is 5.91 Å². The number of ether oxygens (including phenoxy) is 1. The second-order valence-electron chi connectivity index (χ2n) is 3.89. The highest BCUT2D eigenvalue weighted by Crippen LogP contribution is 2.19. The fourth-order valence-corrected chi connectivity index (χ4v) is 1.69. The monoisotopic (exact) mass is 247 g/mol. The van der Waals surface area contributed by atoms with E-state index in [1.54, 1.807) is 24.3 Å². The summed E-state index contributed by atoms with van der Waals surface area (Å²) in [6.45, 7) is 5.12. The number of carbonyl (C=O) groups is 2. The molecule has 0 aliphatic rings. The van der Waals surface area contributed by atoms with Crippen molar-refractivity contribution in [2.75, 3.05) is 7.11 Å². The van der Waals surface area contributed by atoms with E-state index in [-0.39, 0.29) is 11.9 Å². The van der Waals surface area contributed by atoms with E-state index < -0.39 is 5.97 Å². The van der Waals surface area contributed by atoms with Crippen LogP contribution in [0.5, 0.6) is 0 Å². The zero-order valence-corrected chi connectivity index (χ0v) is 10.6. The Bertz CT molecular complexity index is 454. The summed E-state index contributed by atoms with van der Waals surface area (Å²) >= 11 is 0. The van der Waals surface area contributed by atoms with Crippen molar-refractivity contribution in [2.24, 2.45) is 0 Å². The van der Waals surface area contributed by atoms with E-state index in [2.05, 4.69) is 16.6 Å². The van der Waals surface area contributed by atoms with Gasteiger partial charge in [-0.05, 0) is 24.1 Å². The van der Waals surface area contributed by atoms with Crippen molar-refractivity contribution in [1.82, 2.24) is 5.32 Å². The van der Waals surface area contributed by atoms with Crippen LogP contribution >= 0.6 is 0 Å². The highest BCUT2D eigenvalue weighted by atomic mass is 16.5. The quantitative estimate of drug-likeness (QED) is 0.641. The Morgan fingerprint density at radius 1 is 1.50 bits per heavy atom. The minimum absolute atomic E-state index is 0.120. The third-order valence-corrected chi connectivity index (χ3v) is 2.49. The smallest absolute Gasteiger partial charge is 0.337 e. The Morgan fingerprint density at radius 3 is 2.78 bits per heavy atom. The third-order valence-electron chi connectivity index (χ3n) is 2.49. The number of nitrogens with one attached hydrogen (secondary N) is 1. The molecule has 96 valence electrons. The number of methoxy groups -OCH3 is 1. The molecule has 1 aromatic rings. The molecule has 0 spiro atoms. The number of hydrogen-bond donors (Lipinski definition) is 1. The summed E-state index contributed by atoms with van der Waals surface area (Å²) in [6.07, 6.45) is 2.33. The lowest BCUT2D eigenvalue weighted by molar-refractivity contribution is -0.119. The minimum atomic E-state index is -0.392. The summed E-state index contributed by atoms with van der Waals surface area (Å²) in [6, 6.07) is 6.84. The summed E-state index contributed by atoms with van der Waals surface area (Å²) in [5, 5.41) is 2.82. The number of esters is 1. The number of carbonyl (C=O) groups excluding carboxylic acids is 2. The number of benzene rings is 1. The number of rotatable bonds is 5. The molecule has 0 saturated heterocycles. The van der Waals surface area contributed by atoms with Gasteiger partial charge < -0.3 is 10.1 Å². The van der Waals surface area contributed by atoms with Crippen LogP contribution in [0.4, 0.5) is 0 Å². The van der Waals surface area contributed by atoms with Gasteiger partial charge >= 0.3 is 5.97 Å². The van der Waals surface area contributed by atoms with Gasteiger partial charge in [0.15, 0.2) is 0 Å². The molecule has 0 radical (unpaired) electrons. The van der Waals surface area contributed by atoms with Gasteiger partial charge in [0.25, 0.3) is 0 Å². The second-order valence-corrected chi connectivity index (χ2v) is 3.89. The molecule has 4 nitrogen and oxygen atoms in total. The van der Waals surface area contributed by atoms with Gasteiger partial charge in [0.05, 0.1) is 18.7 Å². The van der Waals surface area contributed by atoms with Crippen LogP contribution in [0, 0.1) is 0 Å². The van der Waals surface area contributed by atoms with Crippen LogP contribution in [0.25, 0.3) is 0 Å². The maximum absolute atomic E-state index is 11.4. The van der Waals surface area contributed by atoms with Gasteiger partial charge in [-0.1, -0.05) is 18.2 Å². The standard InChI is InChI=1S/C14H17NO3/c1-4-6-13(15-10(2)16)11-7-5-8-12(9-11)14(17)18-3/h4-5,7-9,13H,1,6H2,2-3H3,(H,15,16). The van der Waals surface area contributed by atoms with Crippen LogP contribution in [0.15, 0.2) is 36.9 Å². The minimum Gasteiger partial charge on any atom is -0.465 e. The van der Waals surface area contributed by atoms with Crippen molar-refractivity contribution >= 4 is 11.9 Å². The maximum atomic E-state index is 11.4. The first-order valence-electron chi connectivity index (χ1n) is 5.64. The molecule has 1 N–H and O–H groups in total. The van der Waals surface area contributed by atoms with E-state index in [4.69, 9.17) is 0 Å². The van der Waals surface area contributed by atoms with E-state index in [0.29, 0.717) is 12.0 Å². The Kier molecular flexibility index (Phi) is 5.11. The maximum Gasteiger partial charge on any atom is 0.337 e. The summed E-state index contributed by atoms with van der Waals surface area (Å²) in [7, 11) is 1.34. The van der Waals surface area contributed by atoms with Gasteiger partial charge in [-0.3, -0.25) is 4.79 Å². The van der Waals surface area contributed by atoms with Crippen LogP contribution in [0.3, 0.4) is 0 Å². The van der Waals surface area contributed by atoms with Gasteiger partial charge in [-0.25, -0.2) is 4.79 Å². The lowest BCUT2D eigenvalue weighted by atomic mass is 10.0. The van der Waals surface area contributed by atoms with E-state index in [1.807, 2.05) is 6.07 Å². The van der Waals surface area contributed by atoms with Crippen molar-refractivity contribution in [1.29, 1.82) is 0 Å². The normalized spacial score (nSPS) is 11.4. The lowest BCUT2D eigenvalue weighted by Crippen LogP contribution is -2.25. The van der Waals surface area contributed by atoms with Gasteiger partial charge in [0.1, 0.15) is 0 Å². The SMILES string of the molecule is C=CCC(NC(C)=O)c1cccc(C(=O)OC)c1. The van der Waals surface area contributed by atoms with Crippen molar-refractivity contribution in [3.63, 3.8) is 0 Å². The van der Waals surface area contributed by atoms with Crippen LogP contribution in [0.2, 0.25) is 0 Å². The molecule has 0 fully saturated rings. The third kappa shape index (κ3) is 3.73. The molecule has 1 rings (SSSR count). The van der Waals surface area contributed by atoms with Gasteiger partial charge in [-0.15, -0.1) is 6.58 Å². The second kappa shape index (κ2) is 6.59. The molecule has 4 heteroatoms. The molecule has 0 aliphatic heterocycles. The van der Waals surface area contributed by atoms with Crippen molar-refractivity contribution in [2.45, 2.75) is 19.4 Å². The Hall–Kier alpha value is -2.10. The summed E-state index contributed by atoms with van der Waals surface area (Å²) < 4.78 is 4.67. The molecule has 18 heavy (non-hydrogen) atoms. The zero-order valence-electron chi connectivity index (χ0n) is 10.6. The first-order valence-corrected chi connectivity index (χ1v) is 5.64. The van der Waals surface area contributed by atoms with Crippen LogP contribution in [-0.4, -0.2) is 19.0 Å². The molecule has 0 bridgehead atoms. The lowest BCUT2D eigenvalue weighted by Gasteiger charge is -2.17. The fourth-order valence-electron chi connectivity index (χ4n) is 1.69. The molecule has 0 aromatic heterocycles. The topological polar surface area (TPSA) is 55.4 Å². The van der Waals surface area contributed by atoms with E-state index in [9.17, 15) is 9.59 Å². The molecular formula is C14H17NO3.